The lowest BCUT2D eigenvalue weighted by atomic mass is 9.65. The fraction of sp³-hybridized carbons (Fsp3) is 0.615. The average Bonchev–Trinajstić information content (AvgIpc) is 3.07. The third kappa shape index (κ3) is 4.26. The van der Waals surface area contributed by atoms with Crippen LogP contribution in [-0.4, -0.2) is 53.9 Å². The SMILES string of the molecule is CO[C@H]1O[C@@]2(C)CC[C@H]3CCC[C@@H](CCOS(=O)(=O)c4cccc5c(N(C)C)cccc45)[C@]31OO2. The first-order valence-corrected chi connectivity index (χ1v) is 13.8. The van der Waals surface area contributed by atoms with Crippen LogP contribution in [0.5, 0.6) is 0 Å². The van der Waals surface area contributed by atoms with Gasteiger partial charge in [0.05, 0.1) is 6.61 Å². The summed E-state index contributed by atoms with van der Waals surface area (Å²) in [6, 6.07) is 10.9. The van der Waals surface area contributed by atoms with Crippen LogP contribution < -0.4 is 4.90 Å². The van der Waals surface area contributed by atoms with E-state index < -0.39 is 27.8 Å². The van der Waals surface area contributed by atoms with E-state index in [1.807, 2.05) is 50.2 Å². The minimum atomic E-state index is -3.97. The number of nitrogens with zero attached hydrogens (tertiary/aromatic N) is 1. The summed E-state index contributed by atoms with van der Waals surface area (Å²) in [5, 5.41) is 1.51. The quantitative estimate of drug-likeness (QED) is 0.398. The van der Waals surface area contributed by atoms with E-state index in [0.717, 1.165) is 43.2 Å². The molecule has 1 aliphatic carbocycles. The van der Waals surface area contributed by atoms with Gasteiger partial charge in [0.1, 0.15) is 4.90 Å². The molecule has 1 saturated carbocycles. The highest BCUT2D eigenvalue weighted by atomic mass is 32.2. The second-order valence-corrected chi connectivity index (χ2v) is 11.9. The van der Waals surface area contributed by atoms with Crippen molar-refractivity contribution in [1.29, 1.82) is 0 Å². The van der Waals surface area contributed by atoms with Gasteiger partial charge in [0, 0.05) is 44.1 Å². The van der Waals surface area contributed by atoms with Crippen LogP contribution in [0, 0.1) is 11.8 Å². The maximum absolute atomic E-state index is 13.3. The van der Waals surface area contributed by atoms with Crippen molar-refractivity contribution in [3.63, 3.8) is 0 Å². The summed E-state index contributed by atoms with van der Waals surface area (Å²) in [4.78, 5) is 14.0. The van der Waals surface area contributed by atoms with Crippen LogP contribution in [0.25, 0.3) is 10.8 Å². The molecule has 0 radical (unpaired) electrons. The Bertz CT molecular complexity index is 1190. The van der Waals surface area contributed by atoms with E-state index in [9.17, 15) is 8.42 Å². The number of benzene rings is 2. The van der Waals surface area contributed by atoms with Crippen molar-refractivity contribution in [3.8, 4) is 0 Å². The van der Waals surface area contributed by atoms with Crippen LogP contribution in [0.3, 0.4) is 0 Å². The molecule has 2 bridgehead atoms. The molecule has 4 fully saturated rings. The van der Waals surface area contributed by atoms with Gasteiger partial charge in [-0.3, -0.25) is 4.18 Å². The van der Waals surface area contributed by atoms with Gasteiger partial charge in [0.25, 0.3) is 10.1 Å². The summed E-state index contributed by atoms with van der Waals surface area (Å²) in [6.07, 6.45) is 4.47. The third-order valence-corrected chi connectivity index (χ3v) is 9.32. The van der Waals surface area contributed by atoms with Gasteiger partial charge >= 0.3 is 0 Å². The molecular weight excluding hydrogens is 470 g/mol. The van der Waals surface area contributed by atoms with Crippen molar-refractivity contribution in [3.05, 3.63) is 36.4 Å². The zero-order chi connectivity index (χ0) is 24.8. The first-order valence-electron chi connectivity index (χ1n) is 12.4. The standard InChI is InChI=1S/C26H35NO7S/c1-25-16-14-18-8-5-9-19(26(18,34-33-25)24(30-4)32-25)15-17-31-35(28,29)23-13-7-10-20-21(23)11-6-12-22(20)27(2)3/h6-7,10-13,18-19,24H,5,8-9,14-17H2,1-4H3/t18-,19+,24+,25-,26-/m1/s1. The summed E-state index contributed by atoms with van der Waals surface area (Å²) in [5.74, 6) is -0.625. The normalized spacial score (nSPS) is 32.9. The Hall–Kier alpha value is -1.75. The van der Waals surface area contributed by atoms with Crippen molar-refractivity contribution in [2.24, 2.45) is 11.8 Å². The molecule has 0 aromatic heterocycles. The van der Waals surface area contributed by atoms with Crippen molar-refractivity contribution in [2.75, 3.05) is 32.7 Å². The Morgan fingerprint density at radius 3 is 2.60 bits per heavy atom. The lowest BCUT2D eigenvalue weighted by Crippen LogP contribution is -2.63. The Kier molecular flexibility index (Phi) is 6.61. The molecule has 0 unspecified atom stereocenters. The Balaban J connectivity index is 1.36. The number of hydrogen-bond acceptors (Lipinski definition) is 8. The van der Waals surface area contributed by atoms with Gasteiger partial charge in [-0.2, -0.15) is 8.42 Å². The van der Waals surface area contributed by atoms with Crippen LogP contribution in [0.2, 0.25) is 0 Å². The van der Waals surface area contributed by atoms with Gasteiger partial charge in [-0.1, -0.05) is 30.7 Å². The number of fused-ring (bicyclic) bond motifs is 4. The van der Waals surface area contributed by atoms with E-state index in [-0.39, 0.29) is 23.3 Å². The highest BCUT2D eigenvalue weighted by Crippen LogP contribution is 2.55. The van der Waals surface area contributed by atoms with E-state index >= 15 is 0 Å². The molecule has 2 aromatic carbocycles. The molecule has 3 saturated heterocycles. The summed E-state index contributed by atoms with van der Waals surface area (Å²) in [5.41, 5.74) is 0.184. The Morgan fingerprint density at radius 1 is 1.06 bits per heavy atom. The lowest BCUT2D eigenvalue weighted by Gasteiger charge is -2.53. The molecule has 35 heavy (non-hydrogen) atoms. The molecule has 192 valence electrons. The molecule has 3 heterocycles. The Morgan fingerprint density at radius 2 is 1.83 bits per heavy atom. The molecule has 8 nitrogen and oxygen atoms in total. The molecule has 5 atom stereocenters. The van der Waals surface area contributed by atoms with E-state index in [0.29, 0.717) is 11.8 Å². The monoisotopic (exact) mass is 505 g/mol. The minimum Gasteiger partial charge on any atom is -0.377 e. The van der Waals surface area contributed by atoms with E-state index in [1.165, 1.54) is 0 Å². The van der Waals surface area contributed by atoms with Crippen molar-refractivity contribution in [2.45, 2.75) is 68.0 Å². The highest BCUT2D eigenvalue weighted by molar-refractivity contribution is 7.87. The number of methoxy groups -OCH3 is 1. The number of rotatable bonds is 7. The highest BCUT2D eigenvalue weighted by Gasteiger charge is 2.63. The number of ether oxygens (including phenoxy) is 2. The second kappa shape index (κ2) is 9.28. The third-order valence-electron chi connectivity index (χ3n) is 7.94. The van der Waals surface area contributed by atoms with Crippen LogP contribution in [0.1, 0.15) is 45.4 Å². The lowest BCUT2D eigenvalue weighted by molar-refractivity contribution is -0.554. The molecular formula is C26H35NO7S. The maximum atomic E-state index is 13.3. The predicted molar refractivity (Wildman–Crippen MR) is 131 cm³/mol. The first-order chi connectivity index (χ1) is 16.7. The largest absolute Gasteiger partial charge is 0.377 e. The van der Waals surface area contributed by atoms with Crippen LogP contribution >= 0.6 is 0 Å². The second-order valence-electron chi connectivity index (χ2n) is 10.3. The van der Waals surface area contributed by atoms with Crippen LogP contribution in [0.15, 0.2) is 41.3 Å². The summed E-state index contributed by atoms with van der Waals surface area (Å²) >= 11 is 0. The zero-order valence-electron chi connectivity index (χ0n) is 20.9. The topological polar surface area (TPSA) is 83.5 Å². The van der Waals surface area contributed by atoms with E-state index in [4.69, 9.17) is 23.4 Å². The Labute approximate surface area is 207 Å². The fourth-order valence-corrected chi connectivity index (χ4v) is 7.33. The summed E-state index contributed by atoms with van der Waals surface area (Å²) in [7, 11) is 1.53. The van der Waals surface area contributed by atoms with Crippen molar-refractivity contribution >= 4 is 26.6 Å². The summed E-state index contributed by atoms with van der Waals surface area (Å²) < 4.78 is 44.1. The van der Waals surface area contributed by atoms with Crippen LogP contribution in [0.4, 0.5) is 5.69 Å². The number of anilines is 1. The molecule has 9 heteroatoms. The van der Waals surface area contributed by atoms with Crippen LogP contribution in [-0.2, 0) is 33.6 Å². The smallest absolute Gasteiger partial charge is 0.297 e. The first kappa shape index (κ1) is 24.9. The van der Waals surface area contributed by atoms with Crippen molar-refractivity contribution in [1.82, 2.24) is 0 Å². The van der Waals surface area contributed by atoms with E-state index in [1.54, 1.807) is 19.2 Å². The van der Waals surface area contributed by atoms with Crippen molar-refractivity contribution < 1.29 is 31.8 Å². The molecule has 2 aromatic rings. The summed E-state index contributed by atoms with van der Waals surface area (Å²) in [6.45, 7) is 1.92. The van der Waals surface area contributed by atoms with Gasteiger partial charge in [-0.15, -0.1) is 0 Å². The molecule has 6 rings (SSSR count). The molecule has 1 spiro atoms. The van der Waals surface area contributed by atoms with E-state index in [2.05, 4.69) is 0 Å². The fourth-order valence-electron chi connectivity index (χ4n) is 6.20. The molecule has 4 aliphatic rings. The number of hydrogen-bond donors (Lipinski definition) is 0. The minimum absolute atomic E-state index is 0.0167. The van der Waals surface area contributed by atoms with Gasteiger partial charge in [0.2, 0.25) is 5.79 Å². The average molecular weight is 506 g/mol. The zero-order valence-corrected chi connectivity index (χ0v) is 21.7. The van der Waals surface area contributed by atoms with Gasteiger partial charge in [-0.25, -0.2) is 9.78 Å². The van der Waals surface area contributed by atoms with Gasteiger partial charge in [0.15, 0.2) is 11.9 Å². The molecule has 0 N–H and O–H groups in total. The predicted octanol–water partition coefficient (Wildman–Crippen LogP) is 4.62. The van der Waals surface area contributed by atoms with Gasteiger partial charge in [-0.05, 0) is 56.6 Å². The molecule has 3 aliphatic heterocycles. The maximum Gasteiger partial charge on any atom is 0.297 e. The van der Waals surface area contributed by atoms with Gasteiger partial charge < -0.3 is 14.4 Å². The molecule has 0 amide bonds.